The molecule has 0 saturated heterocycles. The third-order valence-corrected chi connectivity index (χ3v) is 5.63. The summed E-state index contributed by atoms with van der Waals surface area (Å²) in [6.07, 6.45) is 8.51. The van der Waals surface area contributed by atoms with Crippen LogP contribution in [0.2, 0.25) is 0 Å². The van der Waals surface area contributed by atoms with E-state index in [1.807, 2.05) is 6.92 Å². The van der Waals surface area contributed by atoms with E-state index >= 15 is 0 Å². The average Bonchev–Trinajstić information content (AvgIpc) is 3.30. The van der Waals surface area contributed by atoms with Gasteiger partial charge in [-0.3, -0.25) is 9.59 Å². The normalized spacial score (nSPS) is 24.0. The highest BCUT2D eigenvalue weighted by Gasteiger charge is 2.57. The fourth-order valence-electron chi connectivity index (χ4n) is 4.30. The van der Waals surface area contributed by atoms with Crippen molar-refractivity contribution in [2.24, 2.45) is 5.41 Å². The van der Waals surface area contributed by atoms with Gasteiger partial charge in [-0.15, -0.1) is 0 Å². The Kier molecular flexibility index (Phi) is 5.78. The molecule has 1 heterocycles. The summed E-state index contributed by atoms with van der Waals surface area (Å²) in [4.78, 5) is 24.0. The maximum absolute atomic E-state index is 12.2. The second kappa shape index (κ2) is 8.04. The summed E-state index contributed by atoms with van der Waals surface area (Å²) in [6, 6.07) is 3.54. The largest absolute Gasteiger partial charge is 0.459 e. The molecule has 1 aromatic rings. The number of carbonyl (C=O) groups excluding carboxylic acids is 2. The van der Waals surface area contributed by atoms with Crippen LogP contribution in [0.5, 0.6) is 0 Å². The Hall–Kier alpha value is -1.82. The number of hydrogen-bond donors (Lipinski definition) is 2. The van der Waals surface area contributed by atoms with E-state index in [2.05, 4.69) is 10.6 Å². The van der Waals surface area contributed by atoms with E-state index in [4.69, 9.17) is 9.15 Å². The highest BCUT2D eigenvalue weighted by molar-refractivity contribution is 5.91. The molecule has 2 atom stereocenters. The number of rotatable bonds is 8. The Morgan fingerprint density at radius 3 is 2.84 bits per heavy atom. The van der Waals surface area contributed by atoms with Crippen molar-refractivity contribution in [3.8, 4) is 0 Å². The lowest BCUT2D eigenvalue weighted by molar-refractivity contribution is -0.144. The van der Waals surface area contributed by atoms with Gasteiger partial charge >= 0.3 is 0 Å². The first-order valence-electron chi connectivity index (χ1n) is 9.38. The van der Waals surface area contributed by atoms with E-state index in [9.17, 15) is 9.59 Å². The maximum Gasteiger partial charge on any atom is 0.286 e. The van der Waals surface area contributed by atoms with Gasteiger partial charge < -0.3 is 19.8 Å². The van der Waals surface area contributed by atoms with Crippen molar-refractivity contribution >= 4 is 11.8 Å². The number of nitrogens with one attached hydrogen (secondary N) is 2. The van der Waals surface area contributed by atoms with Gasteiger partial charge in [0.25, 0.3) is 5.91 Å². The van der Waals surface area contributed by atoms with Gasteiger partial charge in [0.2, 0.25) is 5.91 Å². The monoisotopic (exact) mass is 348 g/mol. The first-order valence-corrected chi connectivity index (χ1v) is 9.38. The van der Waals surface area contributed by atoms with E-state index < -0.39 is 0 Å². The van der Waals surface area contributed by atoms with Crippen molar-refractivity contribution < 1.29 is 18.7 Å². The third-order valence-electron chi connectivity index (χ3n) is 5.63. The molecule has 0 aromatic carbocycles. The lowest BCUT2D eigenvalue weighted by Crippen LogP contribution is -2.63. The van der Waals surface area contributed by atoms with Gasteiger partial charge in [0.15, 0.2) is 5.76 Å². The summed E-state index contributed by atoms with van der Waals surface area (Å²) in [5, 5.41) is 5.96. The van der Waals surface area contributed by atoms with Crippen LogP contribution in [0.1, 0.15) is 62.4 Å². The van der Waals surface area contributed by atoms with Gasteiger partial charge in [0.05, 0.1) is 12.4 Å². The molecule has 6 nitrogen and oxygen atoms in total. The van der Waals surface area contributed by atoms with Crippen LogP contribution in [0.4, 0.5) is 0 Å². The fourth-order valence-corrected chi connectivity index (χ4v) is 4.30. The zero-order valence-electron chi connectivity index (χ0n) is 14.9. The Bertz CT molecular complexity index is 578. The molecule has 2 fully saturated rings. The maximum atomic E-state index is 12.2. The summed E-state index contributed by atoms with van der Waals surface area (Å²) in [5.74, 6) is 0.122. The van der Waals surface area contributed by atoms with E-state index in [1.54, 1.807) is 12.1 Å². The second-order valence-corrected chi connectivity index (χ2v) is 7.08. The Balaban J connectivity index is 1.37. The van der Waals surface area contributed by atoms with Gasteiger partial charge in [0.1, 0.15) is 0 Å². The fraction of sp³-hybridized carbons (Fsp3) is 0.684. The van der Waals surface area contributed by atoms with Crippen molar-refractivity contribution in [3.63, 3.8) is 0 Å². The molecule has 2 aliphatic rings. The van der Waals surface area contributed by atoms with Crippen LogP contribution >= 0.6 is 0 Å². The molecule has 3 rings (SSSR count). The number of amides is 2. The lowest BCUT2D eigenvalue weighted by Gasteiger charge is -2.54. The van der Waals surface area contributed by atoms with Gasteiger partial charge in [-0.05, 0) is 44.7 Å². The van der Waals surface area contributed by atoms with E-state index in [-0.39, 0.29) is 23.3 Å². The molecule has 0 bridgehead atoms. The van der Waals surface area contributed by atoms with Crippen LogP contribution in [0.25, 0.3) is 0 Å². The summed E-state index contributed by atoms with van der Waals surface area (Å²) in [5.41, 5.74) is 0.166. The van der Waals surface area contributed by atoms with Crippen molar-refractivity contribution in [3.05, 3.63) is 24.2 Å². The molecule has 0 aliphatic heterocycles. The van der Waals surface area contributed by atoms with Crippen LogP contribution in [-0.2, 0) is 9.53 Å². The van der Waals surface area contributed by atoms with Gasteiger partial charge in [-0.2, -0.15) is 0 Å². The molecule has 2 saturated carbocycles. The standard InChI is InChI=1S/C19H28N2O4/c1-2-24-16-13-15(19(16)9-3-4-10-19)21-17(22)8-5-11-20-18(23)14-7-6-12-25-14/h6-7,12,15-16H,2-5,8-11,13H2,1H3,(H,20,23)(H,21,22). The summed E-state index contributed by atoms with van der Waals surface area (Å²) in [7, 11) is 0. The number of furan rings is 1. The first kappa shape index (κ1) is 18.0. The van der Waals surface area contributed by atoms with Crippen molar-refractivity contribution in [2.45, 2.75) is 64.0 Å². The highest BCUT2D eigenvalue weighted by atomic mass is 16.5. The average molecular weight is 348 g/mol. The molecule has 2 aliphatic carbocycles. The van der Waals surface area contributed by atoms with Crippen LogP contribution < -0.4 is 10.6 Å². The SMILES string of the molecule is CCOC1CC(NC(=O)CCCNC(=O)c2ccco2)C12CCCC2. The van der Waals surface area contributed by atoms with Crippen molar-refractivity contribution in [2.75, 3.05) is 13.2 Å². The highest BCUT2D eigenvalue weighted by Crippen LogP contribution is 2.54. The Morgan fingerprint density at radius 2 is 2.16 bits per heavy atom. The zero-order valence-corrected chi connectivity index (χ0v) is 14.9. The lowest BCUT2D eigenvalue weighted by atomic mass is 9.60. The molecule has 0 radical (unpaired) electrons. The van der Waals surface area contributed by atoms with E-state index in [0.717, 1.165) is 25.9 Å². The quantitative estimate of drug-likeness (QED) is 0.708. The van der Waals surface area contributed by atoms with Crippen LogP contribution in [0.15, 0.2) is 22.8 Å². The molecule has 2 N–H and O–H groups in total. The Morgan fingerprint density at radius 1 is 1.36 bits per heavy atom. The molecule has 6 heteroatoms. The summed E-state index contributed by atoms with van der Waals surface area (Å²) < 4.78 is 10.9. The zero-order chi connectivity index (χ0) is 17.7. The van der Waals surface area contributed by atoms with Crippen LogP contribution in [0.3, 0.4) is 0 Å². The molecular weight excluding hydrogens is 320 g/mol. The van der Waals surface area contributed by atoms with Crippen molar-refractivity contribution in [1.82, 2.24) is 10.6 Å². The number of ether oxygens (including phenoxy) is 1. The molecule has 2 unspecified atom stereocenters. The summed E-state index contributed by atoms with van der Waals surface area (Å²) >= 11 is 0. The van der Waals surface area contributed by atoms with E-state index in [0.29, 0.717) is 31.3 Å². The van der Waals surface area contributed by atoms with Crippen LogP contribution in [-0.4, -0.2) is 37.1 Å². The first-order chi connectivity index (χ1) is 12.2. The molecule has 1 spiro atoms. The predicted octanol–water partition coefficient (Wildman–Crippen LogP) is 2.64. The molecule has 1 aromatic heterocycles. The summed E-state index contributed by atoms with van der Waals surface area (Å²) in [6.45, 7) is 3.23. The van der Waals surface area contributed by atoms with Gasteiger partial charge in [-0.25, -0.2) is 0 Å². The minimum Gasteiger partial charge on any atom is -0.459 e. The third kappa shape index (κ3) is 3.89. The number of carbonyl (C=O) groups is 2. The molecule has 25 heavy (non-hydrogen) atoms. The minimum atomic E-state index is -0.242. The van der Waals surface area contributed by atoms with Crippen LogP contribution in [0, 0.1) is 5.41 Å². The number of hydrogen-bond acceptors (Lipinski definition) is 4. The smallest absolute Gasteiger partial charge is 0.286 e. The predicted molar refractivity (Wildman–Crippen MR) is 93.1 cm³/mol. The topological polar surface area (TPSA) is 80.6 Å². The second-order valence-electron chi connectivity index (χ2n) is 7.08. The van der Waals surface area contributed by atoms with Gasteiger partial charge in [0, 0.05) is 31.0 Å². The van der Waals surface area contributed by atoms with E-state index in [1.165, 1.54) is 19.1 Å². The minimum absolute atomic E-state index is 0.0680. The van der Waals surface area contributed by atoms with Gasteiger partial charge in [-0.1, -0.05) is 12.8 Å². The van der Waals surface area contributed by atoms with Crippen molar-refractivity contribution in [1.29, 1.82) is 0 Å². The Labute approximate surface area is 148 Å². The molecule has 2 amide bonds. The molecule has 138 valence electrons. The molecular formula is C19H28N2O4.